The number of aromatic hydroxyl groups is 1. The van der Waals surface area contributed by atoms with Crippen molar-refractivity contribution in [2.75, 3.05) is 0 Å². The molecule has 0 atom stereocenters. The van der Waals surface area contributed by atoms with Crippen LogP contribution < -0.4 is 0 Å². The zero-order chi connectivity index (χ0) is 15.6. The van der Waals surface area contributed by atoms with Gasteiger partial charge in [0.1, 0.15) is 5.75 Å². The van der Waals surface area contributed by atoms with Crippen LogP contribution in [0.15, 0.2) is 29.5 Å². The molecule has 0 unspecified atom stereocenters. The molecule has 4 nitrogen and oxygen atoms in total. The number of benzene rings is 1. The second kappa shape index (κ2) is 6.12. The van der Waals surface area contributed by atoms with Gasteiger partial charge < -0.3 is 9.84 Å². The first-order valence-electron chi connectivity index (χ1n) is 7.28. The molecule has 1 aliphatic carbocycles. The zero-order valence-electron chi connectivity index (χ0n) is 12.6. The number of unbranched alkanes of at least 4 members (excludes halogenated alkanes) is 1. The minimum atomic E-state index is -0.274. The summed E-state index contributed by atoms with van der Waals surface area (Å²) >= 11 is 0. The summed E-state index contributed by atoms with van der Waals surface area (Å²) < 4.78 is 5.62. The van der Waals surface area contributed by atoms with E-state index < -0.39 is 0 Å². The van der Waals surface area contributed by atoms with E-state index in [2.05, 4.69) is 0 Å². The maximum absolute atomic E-state index is 12.6. The predicted octanol–water partition coefficient (Wildman–Crippen LogP) is 3.64. The van der Waals surface area contributed by atoms with E-state index in [4.69, 9.17) is 4.74 Å². The Morgan fingerprint density at radius 2 is 1.86 bits per heavy atom. The van der Waals surface area contributed by atoms with Gasteiger partial charge in [-0.15, -0.1) is 0 Å². The third-order valence-corrected chi connectivity index (χ3v) is 3.38. The fourth-order valence-corrected chi connectivity index (χ4v) is 2.38. The van der Waals surface area contributed by atoms with Crippen molar-refractivity contribution in [1.82, 2.24) is 0 Å². The number of ketones is 2. The van der Waals surface area contributed by atoms with Gasteiger partial charge in [0.25, 0.3) is 0 Å². The van der Waals surface area contributed by atoms with Crippen LogP contribution >= 0.6 is 0 Å². The van der Waals surface area contributed by atoms with Crippen molar-refractivity contribution in [1.29, 1.82) is 0 Å². The van der Waals surface area contributed by atoms with Crippen molar-refractivity contribution in [2.24, 2.45) is 0 Å². The van der Waals surface area contributed by atoms with Crippen molar-refractivity contribution in [3.05, 3.63) is 40.7 Å². The Bertz CT molecular complexity index is 611. The summed E-state index contributed by atoms with van der Waals surface area (Å²) in [6.45, 7) is 5.68. The highest BCUT2D eigenvalue weighted by Gasteiger charge is 2.33. The van der Waals surface area contributed by atoms with Gasteiger partial charge in [-0.1, -0.05) is 13.3 Å². The fourth-order valence-electron chi connectivity index (χ4n) is 2.38. The highest BCUT2D eigenvalue weighted by molar-refractivity contribution is 6.26. The second-order valence-corrected chi connectivity index (χ2v) is 5.47. The van der Waals surface area contributed by atoms with Crippen LogP contribution in [0.1, 0.15) is 60.7 Å². The summed E-state index contributed by atoms with van der Waals surface area (Å²) in [5.41, 5.74) is 0.990. The van der Waals surface area contributed by atoms with E-state index in [1.807, 2.05) is 20.8 Å². The zero-order valence-corrected chi connectivity index (χ0v) is 12.6. The molecule has 0 fully saturated rings. The molecule has 112 valence electrons. The number of rotatable bonds is 5. The number of carbonyl (C=O) groups excluding carboxylic acids is 2. The largest absolute Gasteiger partial charge is 0.508 e. The van der Waals surface area contributed by atoms with Crippen LogP contribution in [0.3, 0.4) is 0 Å². The van der Waals surface area contributed by atoms with E-state index in [-0.39, 0.29) is 34.7 Å². The lowest BCUT2D eigenvalue weighted by atomic mass is 9.85. The number of carbonyl (C=O) groups is 2. The smallest absolute Gasteiger partial charge is 0.228 e. The predicted molar refractivity (Wildman–Crippen MR) is 79.5 cm³/mol. The molecule has 0 bridgehead atoms. The minimum absolute atomic E-state index is 0.0158. The molecule has 0 aliphatic heterocycles. The summed E-state index contributed by atoms with van der Waals surface area (Å²) in [6.07, 6.45) is 2.07. The number of fused-ring (bicyclic) bond motifs is 1. The molecule has 0 heterocycles. The van der Waals surface area contributed by atoms with E-state index in [1.165, 1.54) is 18.2 Å². The first kappa shape index (κ1) is 15.3. The molecule has 21 heavy (non-hydrogen) atoms. The summed E-state index contributed by atoms with van der Waals surface area (Å²) in [6, 6.07) is 4.24. The molecule has 0 radical (unpaired) electrons. The minimum Gasteiger partial charge on any atom is -0.508 e. The maximum atomic E-state index is 12.6. The molecule has 0 spiro atoms. The van der Waals surface area contributed by atoms with Crippen molar-refractivity contribution in [2.45, 2.75) is 46.1 Å². The van der Waals surface area contributed by atoms with Crippen LogP contribution in [0.25, 0.3) is 0 Å². The Hall–Kier alpha value is -2.10. The molecular weight excluding hydrogens is 268 g/mol. The van der Waals surface area contributed by atoms with Crippen molar-refractivity contribution >= 4 is 11.6 Å². The molecule has 0 aromatic heterocycles. The Kier molecular flexibility index (Phi) is 4.46. The van der Waals surface area contributed by atoms with E-state index in [0.29, 0.717) is 17.6 Å². The molecule has 0 saturated carbocycles. The van der Waals surface area contributed by atoms with Gasteiger partial charge in [-0.3, -0.25) is 9.59 Å². The molecule has 0 amide bonds. The number of Topliss-reactive ketones (excluding diaryl/α,β-unsaturated/α-hetero) is 2. The van der Waals surface area contributed by atoms with Crippen molar-refractivity contribution in [3.8, 4) is 5.75 Å². The number of allylic oxidation sites excluding steroid dienone is 2. The van der Waals surface area contributed by atoms with Crippen LogP contribution in [0, 0.1) is 0 Å². The lowest BCUT2D eigenvalue weighted by Crippen LogP contribution is -2.25. The molecule has 1 aromatic carbocycles. The average Bonchev–Trinajstić information content (AvgIpc) is 2.43. The van der Waals surface area contributed by atoms with Crippen LogP contribution in [-0.4, -0.2) is 22.8 Å². The highest BCUT2D eigenvalue weighted by Crippen LogP contribution is 2.32. The lowest BCUT2D eigenvalue weighted by Gasteiger charge is -2.23. The maximum Gasteiger partial charge on any atom is 0.228 e. The van der Waals surface area contributed by atoms with Crippen molar-refractivity contribution in [3.63, 3.8) is 0 Å². The molecule has 0 saturated heterocycles. The second-order valence-electron chi connectivity index (χ2n) is 5.47. The number of hydrogen-bond acceptors (Lipinski definition) is 4. The van der Waals surface area contributed by atoms with Gasteiger partial charge in [-0.05, 0) is 44.9 Å². The van der Waals surface area contributed by atoms with Gasteiger partial charge in [0.15, 0.2) is 11.5 Å². The van der Waals surface area contributed by atoms with Gasteiger partial charge in [0, 0.05) is 16.7 Å². The third kappa shape index (κ3) is 2.99. The normalized spacial score (nSPS) is 14.7. The molecular formula is C17H20O4. The average molecular weight is 288 g/mol. The fraction of sp³-hybridized carbons (Fsp3) is 0.412. The highest BCUT2D eigenvalue weighted by atomic mass is 16.5. The van der Waals surface area contributed by atoms with Crippen LogP contribution in [0.2, 0.25) is 0 Å². The number of phenolic OH excluding ortho intramolecular Hbond substituents is 1. The van der Waals surface area contributed by atoms with Gasteiger partial charge in [-0.2, -0.15) is 0 Å². The molecule has 1 aliphatic rings. The summed E-state index contributed by atoms with van der Waals surface area (Å²) in [7, 11) is 0. The summed E-state index contributed by atoms with van der Waals surface area (Å²) in [5.74, 6) is -0.339. The Labute approximate surface area is 124 Å². The van der Waals surface area contributed by atoms with Gasteiger partial charge in [0.2, 0.25) is 5.78 Å². The van der Waals surface area contributed by atoms with E-state index in [1.54, 1.807) is 0 Å². The summed E-state index contributed by atoms with van der Waals surface area (Å²) in [5, 5.41) is 9.56. The number of ether oxygens (including phenoxy) is 1. The Morgan fingerprint density at radius 3 is 2.48 bits per heavy atom. The van der Waals surface area contributed by atoms with Gasteiger partial charge in [0.05, 0.1) is 6.10 Å². The standard InChI is InChI=1S/C17H20O4/c1-4-5-6-13-15(19)14-9-11(18)7-8-12(14)16(20)17(13)21-10(2)3/h7-10,18H,4-6H2,1-3H3. The molecule has 4 heteroatoms. The Balaban J connectivity index is 2.53. The van der Waals surface area contributed by atoms with Crippen molar-refractivity contribution < 1.29 is 19.4 Å². The van der Waals surface area contributed by atoms with E-state index >= 15 is 0 Å². The van der Waals surface area contributed by atoms with Crippen LogP contribution in [0.5, 0.6) is 5.75 Å². The van der Waals surface area contributed by atoms with Gasteiger partial charge in [-0.25, -0.2) is 0 Å². The topological polar surface area (TPSA) is 63.6 Å². The van der Waals surface area contributed by atoms with E-state index in [0.717, 1.165) is 12.8 Å². The Morgan fingerprint density at radius 1 is 1.14 bits per heavy atom. The number of hydrogen-bond donors (Lipinski definition) is 1. The van der Waals surface area contributed by atoms with Gasteiger partial charge >= 0.3 is 0 Å². The molecule has 2 rings (SSSR count). The van der Waals surface area contributed by atoms with Crippen LogP contribution in [-0.2, 0) is 4.74 Å². The molecule has 1 aromatic rings. The van der Waals surface area contributed by atoms with E-state index in [9.17, 15) is 14.7 Å². The SMILES string of the molecule is CCCCC1=C(OC(C)C)C(=O)c2ccc(O)cc2C1=O. The monoisotopic (exact) mass is 288 g/mol. The first-order valence-corrected chi connectivity index (χ1v) is 7.28. The molecule has 1 N–H and O–H groups in total. The summed E-state index contributed by atoms with van der Waals surface area (Å²) in [4.78, 5) is 25.2. The first-order chi connectivity index (χ1) is 9.95. The van der Waals surface area contributed by atoms with Crippen LogP contribution in [0.4, 0.5) is 0 Å². The lowest BCUT2D eigenvalue weighted by molar-refractivity contribution is 0.0793. The third-order valence-electron chi connectivity index (χ3n) is 3.38. The quantitative estimate of drug-likeness (QED) is 0.898. The number of phenols is 1.